The zero-order chi connectivity index (χ0) is 17.7. The fraction of sp³-hybridized carbons (Fsp3) is 0.950. The maximum Gasteiger partial charge on any atom is 0.191 e. The van der Waals surface area contributed by atoms with E-state index in [1.54, 1.807) is 0 Å². The predicted octanol–water partition coefficient (Wildman–Crippen LogP) is 3.63. The predicted molar refractivity (Wildman–Crippen MR) is 122 cm³/mol. The van der Waals surface area contributed by atoms with Crippen LogP contribution in [0.3, 0.4) is 0 Å². The lowest BCUT2D eigenvalue weighted by Crippen LogP contribution is -2.39. The third-order valence-electron chi connectivity index (χ3n) is 5.31. The van der Waals surface area contributed by atoms with Crippen LogP contribution in [0, 0.1) is 5.92 Å². The van der Waals surface area contributed by atoms with Crippen LogP contribution in [0.5, 0.6) is 0 Å². The minimum absolute atomic E-state index is 0. The van der Waals surface area contributed by atoms with Gasteiger partial charge in [0.1, 0.15) is 0 Å². The maximum atomic E-state index is 6.06. The molecule has 0 aromatic carbocycles. The Kier molecular flexibility index (Phi) is 13.7. The van der Waals surface area contributed by atoms with Gasteiger partial charge in [-0.2, -0.15) is 0 Å². The highest BCUT2D eigenvalue weighted by molar-refractivity contribution is 14.0. The lowest BCUT2D eigenvalue weighted by atomic mass is 10.1. The van der Waals surface area contributed by atoms with Gasteiger partial charge in [-0.1, -0.05) is 32.6 Å². The lowest BCUT2D eigenvalue weighted by Gasteiger charge is -2.17. The highest BCUT2D eigenvalue weighted by Crippen LogP contribution is 2.19. The van der Waals surface area contributed by atoms with Crippen molar-refractivity contribution in [1.29, 1.82) is 0 Å². The Hall–Kier alpha value is -0.0800. The van der Waals surface area contributed by atoms with Crippen molar-refractivity contribution >= 4 is 29.9 Å². The Balaban J connectivity index is 0.00000338. The number of hydrogen-bond donors (Lipinski definition) is 2. The zero-order valence-electron chi connectivity index (χ0n) is 17.0. The molecule has 1 atom stereocenters. The molecule has 0 bridgehead atoms. The molecule has 0 aromatic heterocycles. The Morgan fingerprint density at radius 1 is 1.08 bits per heavy atom. The zero-order valence-corrected chi connectivity index (χ0v) is 19.3. The average molecular weight is 480 g/mol. The fourth-order valence-electron chi connectivity index (χ4n) is 3.95. The van der Waals surface area contributed by atoms with Crippen molar-refractivity contribution in [3.63, 3.8) is 0 Å². The molecule has 1 saturated heterocycles. The van der Waals surface area contributed by atoms with Crippen molar-refractivity contribution < 1.29 is 4.74 Å². The first-order valence-corrected chi connectivity index (χ1v) is 10.7. The Bertz CT molecular complexity index is 373. The molecule has 1 heterocycles. The molecule has 2 rings (SSSR count). The van der Waals surface area contributed by atoms with Crippen LogP contribution in [0.2, 0.25) is 0 Å². The first-order chi connectivity index (χ1) is 12.3. The van der Waals surface area contributed by atoms with Gasteiger partial charge in [0.05, 0.1) is 12.7 Å². The third-order valence-corrected chi connectivity index (χ3v) is 5.31. The standard InChI is InChI=1S/C20H40N4O.HI/c1-3-13-24-14-11-18(17-24)16-23-20(21-4-2)22-12-15-25-19-9-7-5-6-8-10-19;/h18-19H,3-17H2,1-2H3,(H2,21,22,23);1H. The Labute approximate surface area is 178 Å². The van der Waals surface area contributed by atoms with Crippen LogP contribution in [-0.2, 0) is 4.74 Å². The van der Waals surface area contributed by atoms with E-state index in [0.717, 1.165) is 32.2 Å². The van der Waals surface area contributed by atoms with Crippen LogP contribution in [0.25, 0.3) is 0 Å². The van der Waals surface area contributed by atoms with E-state index in [4.69, 9.17) is 9.73 Å². The number of halogens is 1. The Morgan fingerprint density at radius 3 is 2.54 bits per heavy atom. The topological polar surface area (TPSA) is 48.9 Å². The summed E-state index contributed by atoms with van der Waals surface area (Å²) in [6.45, 7) is 11.5. The van der Waals surface area contributed by atoms with E-state index in [2.05, 4.69) is 29.4 Å². The largest absolute Gasteiger partial charge is 0.376 e. The highest BCUT2D eigenvalue weighted by Gasteiger charge is 2.21. The van der Waals surface area contributed by atoms with Gasteiger partial charge in [-0.05, 0) is 51.6 Å². The minimum atomic E-state index is 0. The second kappa shape index (κ2) is 14.9. The average Bonchev–Trinajstić information content (AvgIpc) is 2.90. The number of aliphatic imine (C=N–C) groups is 1. The van der Waals surface area contributed by atoms with Crippen molar-refractivity contribution in [2.75, 3.05) is 45.9 Å². The summed E-state index contributed by atoms with van der Waals surface area (Å²) >= 11 is 0. The van der Waals surface area contributed by atoms with Crippen molar-refractivity contribution in [3.05, 3.63) is 0 Å². The van der Waals surface area contributed by atoms with E-state index >= 15 is 0 Å². The van der Waals surface area contributed by atoms with Crippen molar-refractivity contribution in [1.82, 2.24) is 15.5 Å². The molecule has 1 aliphatic carbocycles. The smallest absolute Gasteiger partial charge is 0.191 e. The monoisotopic (exact) mass is 480 g/mol. The molecule has 6 heteroatoms. The summed E-state index contributed by atoms with van der Waals surface area (Å²) in [5, 5.41) is 6.80. The summed E-state index contributed by atoms with van der Waals surface area (Å²) in [6.07, 6.45) is 10.9. The molecule has 2 N–H and O–H groups in total. The van der Waals surface area contributed by atoms with E-state index < -0.39 is 0 Å². The van der Waals surface area contributed by atoms with Gasteiger partial charge in [0.2, 0.25) is 0 Å². The van der Waals surface area contributed by atoms with Crippen molar-refractivity contribution in [2.45, 2.75) is 71.3 Å². The fourth-order valence-corrected chi connectivity index (χ4v) is 3.95. The number of nitrogens with zero attached hydrogens (tertiary/aromatic N) is 2. The first-order valence-electron chi connectivity index (χ1n) is 10.7. The summed E-state index contributed by atoms with van der Waals surface area (Å²) in [5.74, 6) is 1.66. The van der Waals surface area contributed by atoms with Crippen LogP contribution < -0.4 is 10.6 Å². The summed E-state index contributed by atoms with van der Waals surface area (Å²) in [5.41, 5.74) is 0. The van der Waals surface area contributed by atoms with Gasteiger partial charge in [-0.3, -0.25) is 4.99 Å². The second-order valence-corrected chi connectivity index (χ2v) is 7.59. The highest BCUT2D eigenvalue weighted by atomic mass is 127. The van der Waals surface area contributed by atoms with E-state index in [0.29, 0.717) is 12.0 Å². The van der Waals surface area contributed by atoms with Gasteiger partial charge in [-0.25, -0.2) is 0 Å². The van der Waals surface area contributed by atoms with E-state index in [1.807, 2.05) is 0 Å². The quantitative estimate of drug-likeness (QED) is 0.174. The number of ether oxygens (including phenoxy) is 1. The molecule has 1 aliphatic heterocycles. The van der Waals surface area contributed by atoms with Crippen LogP contribution in [0.4, 0.5) is 0 Å². The summed E-state index contributed by atoms with van der Waals surface area (Å²) in [7, 11) is 0. The molecule has 0 radical (unpaired) electrons. The molecule has 2 fully saturated rings. The molecule has 1 saturated carbocycles. The molecule has 5 nitrogen and oxygen atoms in total. The SMILES string of the molecule is CCCN1CCC(CN=C(NCC)NCCOC2CCCCCC2)C1.I. The number of likely N-dealkylation sites (tertiary alicyclic amines) is 1. The Morgan fingerprint density at radius 2 is 1.85 bits per heavy atom. The lowest BCUT2D eigenvalue weighted by molar-refractivity contribution is 0.0468. The molecule has 154 valence electrons. The summed E-state index contributed by atoms with van der Waals surface area (Å²) in [4.78, 5) is 7.37. The summed E-state index contributed by atoms with van der Waals surface area (Å²) in [6, 6.07) is 0. The van der Waals surface area contributed by atoms with Crippen LogP contribution in [-0.4, -0.2) is 62.8 Å². The summed E-state index contributed by atoms with van der Waals surface area (Å²) < 4.78 is 6.06. The first kappa shape index (κ1) is 24.0. The number of guanidine groups is 1. The molecule has 0 aromatic rings. The van der Waals surface area contributed by atoms with Gasteiger partial charge >= 0.3 is 0 Å². The van der Waals surface area contributed by atoms with E-state index in [9.17, 15) is 0 Å². The van der Waals surface area contributed by atoms with Crippen LogP contribution in [0.1, 0.15) is 65.2 Å². The molecular formula is C20H41IN4O. The molecule has 0 spiro atoms. The van der Waals surface area contributed by atoms with Gasteiger partial charge in [-0.15, -0.1) is 24.0 Å². The van der Waals surface area contributed by atoms with Gasteiger partial charge in [0, 0.05) is 26.2 Å². The third kappa shape index (κ3) is 9.74. The molecule has 1 unspecified atom stereocenters. The van der Waals surface area contributed by atoms with Crippen LogP contribution in [0.15, 0.2) is 4.99 Å². The normalized spacial score (nSPS) is 22.7. The van der Waals surface area contributed by atoms with Crippen molar-refractivity contribution in [3.8, 4) is 0 Å². The maximum absolute atomic E-state index is 6.06. The molecule has 26 heavy (non-hydrogen) atoms. The van der Waals surface area contributed by atoms with Gasteiger partial charge < -0.3 is 20.3 Å². The second-order valence-electron chi connectivity index (χ2n) is 7.59. The van der Waals surface area contributed by atoms with E-state index in [1.165, 1.54) is 71.0 Å². The number of hydrogen-bond acceptors (Lipinski definition) is 3. The van der Waals surface area contributed by atoms with Gasteiger partial charge in [0.15, 0.2) is 5.96 Å². The molecule has 2 aliphatic rings. The number of nitrogens with one attached hydrogen (secondary N) is 2. The minimum Gasteiger partial charge on any atom is -0.376 e. The van der Waals surface area contributed by atoms with Crippen molar-refractivity contribution in [2.24, 2.45) is 10.9 Å². The van der Waals surface area contributed by atoms with Crippen LogP contribution >= 0.6 is 24.0 Å². The number of rotatable bonds is 9. The molecule has 0 amide bonds. The van der Waals surface area contributed by atoms with Gasteiger partial charge in [0.25, 0.3) is 0 Å². The molecular weight excluding hydrogens is 439 g/mol. The van der Waals surface area contributed by atoms with E-state index in [-0.39, 0.29) is 24.0 Å².